The number of rotatable bonds is 9. The number of hydrogen-bond donors (Lipinski definition) is 0. The fourth-order valence-corrected chi connectivity index (χ4v) is 3.81. The number of carbonyl (C=O) groups excluding carboxylic acids is 1. The fourth-order valence-electron chi connectivity index (χ4n) is 3.02. The number of Topliss-reactive ketones (excluding diaryl/α,β-unsaturated/α-hetero) is 1. The lowest BCUT2D eigenvalue weighted by molar-refractivity contribution is 0.102. The summed E-state index contributed by atoms with van der Waals surface area (Å²) in [4.78, 5) is 17.1. The second kappa shape index (κ2) is 9.06. The van der Waals surface area contributed by atoms with Gasteiger partial charge in [0.1, 0.15) is 6.26 Å². The minimum atomic E-state index is 0.142. The van der Waals surface area contributed by atoms with E-state index in [0.29, 0.717) is 24.0 Å². The van der Waals surface area contributed by atoms with E-state index in [1.54, 1.807) is 25.1 Å². The molecule has 1 aromatic carbocycles. The van der Waals surface area contributed by atoms with Gasteiger partial charge in [-0.3, -0.25) is 4.79 Å². The molecule has 0 fully saturated rings. The first-order valence-electron chi connectivity index (χ1n) is 8.86. The van der Waals surface area contributed by atoms with Crippen LogP contribution in [-0.4, -0.2) is 34.8 Å². The lowest BCUT2D eigenvalue weighted by atomic mass is 10.2. The molecule has 5 nitrogen and oxygen atoms in total. The summed E-state index contributed by atoms with van der Waals surface area (Å²) in [7, 11) is 1.68. The van der Waals surface area contributed by atoms with Crippen LogP contribution < -0.4 is 0 Å². The molecule has 3 rings (SSSR count). The van der Waals surface area contributed by atoms with E-state index in [9.17, 15) is 4.79 Å². The van der Waals surface area contributed by atoms with Crippen LogP contribution >= 0.6 is 11.8 Å². The lowest BCUT2D eigenvalue weighted by Gasteiger charge is -2.08. The minimum absolute atomic E-state index is 0.142. The van der Waals surface area contributed by atoms with E-state index < -0.39 is 0 Å². The minimum Gasteiger partial charge on any atom is -0.444 e. The maximum atomic E-state index is 12.6. The molecule has 0 aliphatic carbocycles. The van der Waals surface area contributed by atoms with Crippen molar-refractivity contribution in [3.8, 4) is 11.5 Å². The van der Waals surface area contributed by atoms with E-state index >= 15 is 0 Å². The van der Waals surface area contributed by atoms with Crippen molar-refractivity contribution in [2.24, 2.45) is 0 Å². The Balaban J connectivity index is 1.57. The van der Waals surface area contributed by atoms with Crippen molar-refractivity contribution in [2.75, 3.05) is 19.5 Å². The van der Waals surface area contributed by atoms with E-state index in [-0.39, 0.29) is 5.78 Å². The van der Waals surface area contributed by atoms with E-state index in [1.807, 2.05) is 50.2 Å². The van der Waals surface area contributed by atoms with Crippen molar-refractivity contribution in [3.63, 3.8) is 0 Å². The SMILES string of the molecule is COCCn1c(C)cc(C(=O)CSCc2coc(-c3ccccc3)n2)c1C. The topological polar surface area (TPSA) is 57.3 Å². The number of ketones is 1. The molecule has 0 spiro atoms. The summed E-state index contributed by atoms with van der Waals surface area (Å²) in [6, 6.07) is 11.8. The highest BCUT2D eigenvalue weighted by atomic mass is 32.2. The molecule has 0 saturated heterocycles. The Morgan fingerprint density at radius 2 is 2.04 bits per heavy atom. The smallest absolute Gasteiger partial charge is 0.226 e. The average molecular weight is 385 g/mol. The first-order valence-corrected chi connectivity index (χ1v) is 10.0. The van der Waals surface area contributed by atoms with Crippen LogP contribution in [0.4, 0.5) is 0 Å². The zero-order valence-electron chi connectivity index (χ0n) is 15.9. The number of methoxy groups -OCH3 is 1. The second-order valence-electron chi connectivity index (χ2n) is 6.36. The maximum absolute atomic E-state index is 12.6. The Labute approximate surface area is 163 Å². The summed E-state index contributed by atoms with van der Waals surface area (Å²) < 4.78 is 12.8. The maximum Gasteiger partial charge on any atom is 0.226 e. The predicted octanol–water partition coefficient (Wildman–Crippen LogP) is 4.52. The van der Waals surface area contributed by atoms with Gasteiger partial charge in [0.2, 0.25) is 5.89 Å². The number of aryl methyl sites for hydroxylation is 1. The van der Waals surface area contributed by atoms with Crippen LogP contribution in [0.5, 0.6) is 0 Å². The van der Waals surface area contributed by atoms with Gasteiger partial charge in [-0.25, -0.2) is 4.98 Å². The Morgan fingerprint density at radius 1 is 1.26 bits per heavy atom. The van der Waals surface area contributed by atoms with Crippen molar-refractivity contribution >= 4 is 17.5 Å². The molecule has 3 aromatic rings. The summed E-state index contributed by atoms with van der Waals surface area (Å²) in [5.41, 5.74) is 4.68. The number of carbonyl (C=O) groups is 1. The summed E-state index contributed by atoms with van der Waals surface area (Å²) in [5.74, 6) is 1.81. The van der Waals surface area contributed by atoms with Gasteiger partial charge in [0.05, 0.1) is 18.1 Å². The fraction of sp³-hybridized carbons (Fsp3) is 0.333. The first kappa shape index (κ1) is 19.5. The number of nitrogens with zero attached hydrogens (tertiary/aromatic N) is 2. The molecule has 6 heteroatoms. The van der Waals surface area contributed by atoms with Gasteiger partial charge >= 0.3 is 0 Å². The van der Waals surface area contributed by atoms with Crippen LogP contribution in [0, 0.1) is 13.8 Å². The van der Waals surface area contributed by atoms with Gasteiger partial charge < -0.3 is 13.7 Å². The molecular formula is C21H24N2O3S. The van der Waals surface area contributed by atoms with Gasteiger partial charge in [0.15, 0.2) is 5.78 Å². The molecule has 0 radical (unpaired) electrons. The van der Waals surface area contributed by atoms with Gasteiger partial charge in [-0.05, 0) is 32.0 Å². The number of aromatic nitrogens is 2. The predicted molar refractivity (Wildman–Crippen MR) is 108 cm³/mol. The van der Waals surface area contributed by atoms with E-state index in [4.69, 9.17) is 9.15 Å². The molecule has 0 aliphatic heterocycles. The Bertz CT molecular complexity index is 900. The number of hydrogen-bond acceptors (Lipinski definition) is 5. The summed E-state index contributed by atoms with van der Waals surface area (Å²) in [6.07, 6.45) is 1.66. The third-order valence-corrected chi connectivity index (χ3v) is 5.41. The molecule has 0 amide bonds. The summed E-state index contributed by atoms with van der Waals surface area (Å²) >= 11 is 1.55. The molecule has 0 N–H and O–H groups in total. The third kappa shape index (κ3) is 4.70. The average Bonchev–Trinajstić information content (AvgIpc) is 3.26. The van der Waals surface area contributed by atoms with Crippen LogP contribution in [-0.2, 0) is 17.0 Å². The van der Waals surface area contributed by atoms with E-state index in [2.05, 4.69) is 9.55 Å². The van der Waals surface area contributed by atoms with Gasteiger partial charge in [0, 0.05) is 41.9 Å². The molecule has 0 atom stereocenters. The summed E-state index contributed by atoms with van der Waals surface area (Å²) in [6.45, 7) is 5.40. The largest absolute Gasteiger partial charge is 0.444 e. The molecule has 2 heterocycles. The second-order valence-corrected chi connectivity index (χ2v) is 7.34. The van der Waals surface area contributed by atoms with Gasteiger partial charge in [0.25, 0.3) is 0 Å². The number of benzene rings is 1. The van der Waals surface area contributed by atoms with Crippen molar-refractivity contribution in [1.82, 2.24) is 9.55 Å². The van der Waals surface area contributed by atoms with Crippen LogP contribution in [0.2, 0.25) is 0 Å². The standard InChI is InChI=1S/C21H24N2O3S/c1-15-11-19(16(2)23(15)9-10-25-3)20(24)14-27-13-18-12-26-21(22-18)17-7-5-4-6-8-17/h4-8,11-12H,9-10,13-14H2,1-3H3. The molecule has 142 valence electrons. The molecule has 0 saturated carbocycles. The number of oxazole rings is 1. The van der Waals surface area contributed by atoms with Gasteiger partial charge in [-0.15, -0.1) is 11.8 Å². The van der Waals surface area contributed by atoms with Crippen molar-refractivity contribution < 1.29 is 13.9 Å². The molecular weight excluding hydrogens is 360 g/mol. The van der Waals surface area contributed by atoms with E-state index in [0.717, 1.165) is 34.8 Å². The van der Waals surface area contributed by atoms with Crippen LogP contribution in [0.3, 0.4) is 0 Å². The zero-order valence-corrected chi connectivity index (χ0v) is 16.7. The van der Waals surface area contributed by atoms with Crippen LogP contribution in [0.1, 0.15) is 27.4 Å². The van der Waals surface area contributed by atoms with Crippen LogP contribution in [0.25, 0.3) is 11.5 Å². The van der Waals surface area contributed by atoms with E-state index in [1.165, 1.54) is 0 Å². The van der Waals surface area contributed by atoms with Crippen molar-refractivity contribution in [1.29, 1.82) is 0 Å². The highest BCUT2D eigenvalue weighted by Crippen LogP contribution is 2.22. The number of thioether (sulfide) groups is 1. The molecule has 0 unspecified atom stereocenters. The monoisotopic (exact) mass is 384 g/mol. The van der Waals surface area contributed by atoms with Gasteiger partial charge in [-0.1, -0.05) is 18.2 Å². The third-order valence-electron chi connectivity index (χ3n) is 4.45. The molecule has 0 aliphatic rings. The van der Waals surface area contributed by atoms with Gasteiger partial charge in [-0.2, -0.15) is 0 Å². The Kier molecular flexibility index (Phi) is 6.53. The first-order chi connectivity index (χ1) is 13.1. The summed E-state index contributed by atoms with van der Waals surface area (Å²) in [5, 5.41) is 0. The normalized spacial score (nSPS) is 11.1. The van der Waals surface area contributed by atoms with Crippen molar-refractivity contribution in [3.05, 3.63) is 65.3 Å². The Morgan fingerprint density at radius 3 is 2.78 bits per heavy atom. The Hall–Kier alpha value is -2.31. The molecule has 2 aromatic heterocycles. The molecule has 0 bridgehead atoms. The van der Waals surface area contributed by atoms with Crippen LogP contribution in [0.15, 0.2) is 47.1 Å². The number of ether oxygens (including phenoxy) is 1. The zero-order chi connectivity index (χ0) is 19.2. The highest BCUT2D eigenvalue weighted by molar-refractivity contribution is 7.99. The van der Waals surface area contributed by atoms with Crippen molar-refractivity contribution in [2.45, 2.75) is 26.1 Å². The molecule has 27 heavy (non-hydrogen) atoms. The quantitative estimate of drug-likeness (QED) is 0.508. The highest BCUT2D eigenvalue weighted by Gasteiger charge is 2.16. The lowest BCUT2D eigenvalue weighted by Crippen LogP contribution is -2.09.